The van der Waals surface area contributed by atoms with Crippen molar-refractivity contribution in [3.8, 4) is 55.6 Å². The van der Waals surface area contributed by atoms with Gasteiger partial charge in [0.05, 0.1) is 0 Å². The average molecular weight is 656 g/mol. The Hall–Kier alpha value is -6.51. The molecule has 0 spiro atoms. The number of para-hydroxylation sites is 4. The van der Waals surface area contributed by atoms with Gasteiger partial charge in [-0.25, -0.2) is 0 Å². The molecule has 12 rings (SSSR count). The van der Waals surface area contributed by atoms with Crippen molar-refractivity contribution in [1.29, 1.82) is 0 Å². The van der Waals surface area contributed by atoms with Gasteiger partial charge >= 0.3 is 13.7 Å². The van der Waals surface area contributed by atoms with Gasteiger partial charge in [0.2, 0.25) is 0 Å². The van der Waals surface area contributed by atoms with E-state index >= 15 is 0 Å². The van der Waals surface area contributed by atoms with E-state index in [1.54, 1.807) is 0 Å². The topological polar surface area (TPSA) is 6.48 Å². The number of fused-ring (bicyclic) bond motifs is 22. The second kappa shape index (κ2) is 10.5. The summed E-state index contributed by atoms with van der Waals surface area (Å²) in [5.41, 5.74) is 23.4. The molecule has 0 fully saturated rings. The minimum absolute atomic E-state index is 0.0555. The lowest BCUT2D eigenvalue weighted by Crippen LogP contribution is -2.60. The number of anilines is 4. The van der Waals surface area contributed by atoms with Crippen molar-refractivity contribution in [3.05, 3.63) is 182 Å². The van der Waals surface area contributed by atoms with E-state index in [0.717, 1.165) is 0 Å². The Morgan fingerprint density at radius 2 is 0.654 bits per heavy atom. The molecule has 4 heterocycles. The summed E-state index contributed by atoms with van der Waals surface area (Å²) in [5, 5.41) is 0. The largest absolute Gasteiger partial charge is 0.376 e. The Morgan fingerprint density at radius 1 is 0.269 bits per heavy atom. The van der Waals surface area contributed by atoms with Crippen LogP contribution in [0.25, 0.3) is 55.6 Å². The molecule has 4 aliphatic heterocycles. The molecule has 238 valence electrons. The quantitative estimate of drug-likeness (QED) is 0.163. The molecule has 0 atom stereocenters. The second-order valence-corrected chi connectivity index (χ2v) is 14.4. The Bertz CT molecular complexity index is 2800. The minimum atomic E-state index is 0.0555. The molecule has 52 heavy (non-hydrogen) atoms. The van der Waals surface area contributed by atoms with Crippen molar-refractivity contribution >= 4 is 58.3 Å². The van der Waals surface area contributed by atoms with Crippen LogP contribution in [0.15, 0.2) is 182 Å². The first-order chi connectivity index (χ1) is 25.8. The van der Waals surface area contributed by atoms with E-state index in [1.165, 1.54) is 100 Å². The van der Waals surface area contributed by atoms with Crippen LogP contribution in [0.4, 0.5) is 22.7 Å². The van der Waals surface area contributed by atoms with Gasteiger partial charge in [-0.05, 0) is 79.5 Å². The molecule has 0 unspecified atom stereocenters. The molecule has 8 aromatic carbocycles. The zero-order chi connectivity index (χ0) is 33.9. The predicted octanol–water partition coefficient (Wildman–Crippen LogP) is 9.16. The Labute approximate surface area is 304 Å². The maximum absolute atomic E-state index is 2.59. The van der Waals surface area contributed by atoms with Gasteiger partial charge < -0.3 is 9.62 Å². The molecule has 0 aromatic heterocycles. The van der Waals surface area contributed by atoms with Crippen molar-refractivity contribution in [2.45, 2.75) is 0 Å². The van der Waals surface area contributed by atoms with Crippen LogP contribution in [0, 0.1) is 0 Å². The van der Waals surface area contributed by atoms with Gasteiger partial charge in [0.25, 0.3) is 0 Å². The zero-order valence-electron chi connectivity index (χ0n) is 28.4. The summed E-state index contributed by atoms with van der Waals surface area (Å²) in [4.78, 5) is 5.17. The lowest BCUT2D eigenvalue weighted by atomic mass is 9.42. The molecular weight excluding hydrogens is 626 g/mol. The van der Waals surface area contributed by atoms with E-state index in [0.29, 0.717) is 0 Å². The first-order valence-electron chi connectivity index (χ1n) is 18.3. The third-order valence-electron chi connectivity index (χ3n) is 11.9. The zero-order valence-corrected chi connectivity index (χ0v) is 28.4. The van der Waals surface area contributed by atoms with Crippen LogP contribution < -0.4 is 31.5 Å². The molecule has 0 saturated heterocycles. The van der Waals surface area contributed by atoms with Crippen LogP contribution in [0.3, 0.4) is 0 Å². The SMILES string of the molecule is c1ccc2c(c1)B1c3cc(-c4cccc5c4-c4ccccc4N4B5c5ccccc5-c5ccccc54)ccc3-c3ccccc3N1c1ccccc1-2. The van der Waals surface area contributed by atoms with Crippen molar-refractivity contribution in [3.63, 3.8) is 0 Å². The number of benzene rings is 8. The normalized spacial score (nSPS) is 13.6. The van der Waals surface area contributed by atoms with Gasteiger partial charge in [0.15, 0.2) is 0 Å². The smallest absolute Gasteiger partial charge is 0.329 e. The van der Waals surface area contributed by atoms with E-state index in [1.807, 2.05) is 0 Å². The van der Waals surface area contributed by atoms with E-state index in [-0.39, 0.29) is 13.7 Å². The van der Waals surface area contributed by atoms with Crippen LogP contribution in [0.2, 0.25) is 0 Å². The van der Waals surface area contributed by atoms with Gasteiger partial charge in [-0.3, -0.25) is 0 Å². The summed E-state index contributed by atoms with van der Waals surface area (Å²) in [5.74, 6) is 0. The summed E-state index contributed by atoms with van der Waals surface area (Å²) in [7, 11) is 0. The molecule has 0 aliphatic carbocycles. The number of hydrogen-bond acceptors (Lipinski definition) is 2. The molecular formula is C48H30B2N2. The highest BCUT2D eigenvalue weighted by atomic mass is 15.1. The van der Waals surface area contributed by atoms with Gasteiger partial charge in [0, 0.05) is 45.0 Å². The van der Waals surface area contributed by atoms with Crippen LogP contribution in [0.5, 0.6) is 0 Å². The predicted molar refractivity (Wildman–Crippen MR) is 221 cm³/mol. The first kappa shape index (κ1) is 28.2. The Balaban J connectivity index is 1.12. The van der Waals surface area contributed by atoms with Crippen molar-refractivity contribution in [1.82, 2.24) is 0 Å². The molecule has 4 aliphatic rings. The molecule has 0 amide bonds. The maximum Gasteiger partial charge on any atom is 0.329 e. The van der Waals surface area contributed by atoms with Crippen molar-refractivity contribution in [2.75, 3.05) is 9.62 Å². The first-order valence-corrected chi connectivity index (χ1v) is 18.3. The van der Waals surface area contributed by atoms with E-state index in [9.17, 15) is 0 Å². The Morgan fingerprint density at radius 3 is 1.21 bits per heavy atom. The summed E-state index contributed by atoms with van der Waals surface area (Å²) in [6.45, 7) is 0.123. The Kier molecular flexibility index (Phi) is 5.70. The molecule has 0 N–H and O–H groups in total. The summed E-state index contributed by atoms with van der Waals surface area (Å²) < 4.78 is 0. The van der Waals surface area contributed by atoms with Gasteiger partial charge in [0.1, 0.15) is 0 Å². The summed E-state index contributed by atoms with van der Waals surface area (Å²) in [6, 6.07) is 68.0. The second-order valence-electron chi connectivity index (χ2n) is 14.4. The third-order valence-corrected chi connectivity index (χ3v) is 11.9. The molecule has 0 bridgehead atoms. The average Bonchev–Trinajstić information content (AvgIpc) is 3.23. The molecule has 8 aromatic rings. The summed E-state index contributed by atoms with van der Waals surface area (Å²) >= 11 is 0. The number of nitrogens with zero attached hydrogens (tertiary/aromatic N) is 2. The minimum Gasteiger partial charge on any atom is -0.376 e. The van der Waals surface area contributed by atoms with E-state index in [4.69, 9.17) is 0 Å². The number of rotatable bonds is 1. The molecule has 0 saturated carbocycles. The third kappa shape index (κ3) is 3.66. The van der Waals surface area contributed by atoms with Crippen molar-refractivity contribution < 1.29 is 0 Å². The van der Waals surface area contributed by atoms with Crippen molar-refractivity contribution in [2.24, 2.45) is 0 Å². The van der Waals surface area contributed by atoms with Gasteiger partial charge in [-0.15, -0.1) is 0 Å². The molecule has 2 nitrogen and oxygen atoms in total. The lowest BCUT2D eigenvalue weighted by molar-refractivity contribution is 1.34. The fraction of sp³-hybridized carbons (Fsp3) is 0. The highest BCUT2D eigenvalue weighted by Crippen LogP contribution is 2.49. The fourth-order valence-electron chi connectivity index (χ4n) is 9.84. The highest BCUT2D eigenvalue weighted by Gasteiger charge is 2.44. The molecule has 0 radical (unpaired) electrons. The monoisotopic (exact) mass is 656 g/mol. The van der Waals surface area contributed by atoms with E-state index < -0.39 is 0 Å². The number of hydrogen-bond donors (Lipinski definition) is 0. The van der Waals surface area contributed by atoms with Crippen LogP contribution in [-0.2, 0) is 0 Å². The van der Waals surface area contributed by atoms with Crippen LogP contribution in [-0.4, -0.2) is 13.7 Å². The maximum atomic E-state index is 2.59. The standard InChI is InChI=1S/C48H30B2N2/c1-7-21-40-33(14-1)36-16-4-10-25-45(36)52-47-27-12-6-19-39(47)48-32(20-13-23-42(48)49(40)52)31-28-29-35-38-18-5-11-26-46(38)51-44-24-9-3-17-37(44)34-15-2-8-22-41(34)50(51)43(35)30-31/h1-30H. The van der Waals surface area contributed by atoms with Crippen LogP contribution >= 0.6 is 0 Å². The summed E-state index contributed by atoms with van der Waals surface area (Å²) in [6.07, 6.45) is 0. The highest BCUT2D eigenvalue weighted by molar-refractivity contribution is 6.93. The van der Waals surface area contributed by atoms with Gasteiger partial charge in [-0.2, -0.15) is 0 Å². The van der Waals surface area contributed by atoms with E-state index in [2.05, 4.69) is 192 Å². The molecule has 4 heteroatoms. The fourth-order valence-corrected chi connectivity index (χ4v) is 9.84. The van der Waals surface area contributed by atoms with Gasteiger partial charge in [-0.1, -0.05) is 158 Å². The van der Waals surface area contributed by atoms with Crippen LogP contribution in [0.1, 0.15) is 0 Å². The lowest BCUT2D eigenvalue weighted by Gasteiger charge is -2.44.